The normalized spacial score (nSPS) is 19.4. The molecule has 1 aliphatic rings. The summed E-state index contributed by atoms with van der Waals surface area (Å²) in [5, 5.41) is 0.763. The van der Waals surface area contributed by atoms with Crippen LogP contribution < -0.4 is 0 Å². The Morgan fingerprint density at radius 1 is 1.12 bits per heavy atom. The maximum atomic E-state index is 6.38. The average Bonchev–Trinajstić information content (AvgIpc) is 3.24. The summed E-state index contributed by atoms with van der Waals surface area (Å²) in [7, 11) is 0. The maximum absolute atomic E-state index is 6.38. The summed E-state index contributed by atoms with van der Waals surface area (Å²) >= 11 is 6.03. The fraction of sp³-hybridized carbons (Fsp3) is 0.250. The van der Waals surface area contributed by atoms with Crippen molar-refractivity contribution in [1.29, 1.82) is 0 Å². The quantitative estimate of drug-likeness (QED) is 0.680. The molecule has 1 aliphatic heterocycles. The van der Waals surface area contributed by atoms with Gasteiger partial charge in [-0.3, -0.25) is 0 Å². The van der Waals surface area contributed by atoms with Crippen LogP contribution in [0, 0.1) is 0 Å². The highest BCUT2D eigenvalue weighted by molar-refractivity contribution is 6.30. The van der Waals surface area contributed by atoms with Gasteiger partial charge in [0.05, 0.1) is 18.5 Å². The van der Waals surface area contributed by atoms with E-state index in [-0.39, 0.29) is 5.60 Å². The number of benzene rings is 2. The monoisotopic (exact) mass is 338 g/mol. The summed E-state index contributed by atoms with van der Waals surface area (Å²) in [6, 6.07) is 16.6. The van der Waals surface area contributed by atoms with Crippen molar-refractivity contribution in [1.82, 2.24) is 9.55 Å². The second kappa shape index (κ2) is 6.42. The fourth-order valence-corrected chi connectivity index (χ4v) is 3.61. The van der Waals surface area contributed by atoms with Gasteiger partial charge in [0.1, 0.15) is 0 Å². The molecule has 0 aliphatic carbocycles. The Balaban J connectivity index is 1.66. The van der Waals surface area contributed by atoms with Gasteiger partial charge in [0.25, 0.3) is 0 Å². The third kappa shape index (κ3) is 2.97. The zero-order valence-corrected chi connectivity index (χ0v) is 14.1. The molecule has 4 heteroatoms. The highest BCUT2D eigenvalue weighted by Crippen LogP contribution is 2.42. The van der Waals surface area contributed by atoms with Gasteiger partial charge in [0, 0.05) is 30.4 Å². The number of ether oxygens (including phenoxy) is 1. The van der Waals surface area contributed by atoms with E-state index in [2.05, 4.69) is 45.9 Å². The summed E-state index contributed by atoms with van der Waals surface area (Å²) in [6.45, 7) is 1.55. The molecule has 2 aromatic carbocycles. The number of halogens is 1. The van der Waals surface area contributed by atoms with Crippen LogP contribution in [0.4, 0.5) is 0 Å². The van der Waals surface area contributed by atoms with Crippen molar-refractivity contribution in [3.05, 3.63) is 89.0 Å². The van der Waals surface area contributed by atoms with Crippen LogP contribution >= 0.6 is 11.6 Å². The lowest BCUT2D eigenvalue weighted by Gasteiger charge is -2.30. The molecule has 0 N–H and O–H groups in total. The number of nitrogens with zero attached hydrogens (tertiary/aromatic N) is 2. The van der Waals surface area contributed by atoms with Crippen molar-refractivity contribution < 1.29 is 4.74 Å². The largest absolute Gasteiger partial charge is 0.365 e. The Hall–Kier alpha value is -2.10. The first-order chi connectivity index (χ1) is 11.8. The predicted molar refractivity (Wildman–Crippen MR) is 94.9 cm³/mol. The van der Waals surface area contributed by atoms with Gasteiger partial charge in [-0.15, -0.1) is 0 Å². The van der Waals surface area contributed by atoms with Gasteiger partial charge in [0.15, 0.2) is 0 Å². The van der Waals surface area contributed by atoms with Gasteiger partial charge in [-0.2, -0.15) is 0 Å². The lowest BCUT2D eigenvalue weighted by molar-refractivity contribution is -0.0471. The summed E-state index contributed by atoms with van der Waals surface area (Å²) in [6.07, 6.45) is 7.42. The van der Waals surface area contributed by atoms with Crippen LogP contribution in [-0.2, 0) is 29.9 Å². The molecule has 3 aromatic rings. The number of rotatable bonds is 5. The Morgan fingerprint density at radius 3 is 2.75 bits per heavy atom. The van der Waals surface area contributed by atoms with Crippen molar-refractivity contribution in [2.24, 2.45) is 0 Å². The molecule has 0 saturated heterocycles. The molecule has 1 unspecified atom stereocenters. The van der Waals surface area contributed by atoms with E-state index < -0.39 is 0 Å². The SMILES string of the molecule is Clc1ccc(CC2(CCn3ccnc3)OCc3ccccc32)cc1. The molecular formula is C20H19ClN2O. The van der Waals surface area contributed by atoms with E-state index in [1.165, 1.54) is 16.7 Å². The van der Waals surface area contributed by atoms with E-state index in [0.717, 1.165) is 24.4 Å². The van der Waals surface area contributed by atoms with Crippen molar-refractivity contribution in [3.8, 4) is 0 Å². The van der Waals surface area contributed by atoms with Crippen molar-refractivity contribution >= 4 is 11.6 Å². The minimum Gasteiger partial charge on any atom is -0.365 e. The second-order valence-electron chi connectivity index (χ2n) is 6.29. The van der Waals surface area contributed by atoms with Gasteiger partial charge >= 0.3 is 0 Å². The molecule has 122 valence electrons. The molecule has 1 atom stereocenters. The molecular weight excluding hydrogens is 320 g/mol. The Bertz CT molecular complexity index is 814. The Labute approximate surface area is 146 Å². The molecule has 0 bridgehead atoms. The van der Waals surface area contributed by atoms with Gasteiger partial charge < -0.3 is 9.30 Å². The van der Waals surface area contributed by atoms with Gasteiger partial charge in [-0.05, 0) is 35.2 Å². The van der Waals surface area contributed by atoms with Crippen LogP contribution in [0.15, 0.2) is 67.3 Å². The van der Waals surface area contributed by atoms with Gasteiger partial charge in [-0.1, -0.05) is 48.0 Å². The van der Waals surface area contributed by atoms with Crippen molar-refractivity contribution in [3.63, 3.8) is 0 Å². The average molecular weight is 339 g/mol. The van der Waals surface area contributed by atoms with E-state index in [4.69, 9.17) is 16.3 Å². The van der Waals surface area contributed by atoms with Crippen LogP contribution in [0.2, 0.25) is 5.02 Å². The molecule has 2 heterocycles. The Morgan fingerprint density at radius 2 is 1.96 bits per heavy atom. The van der Waals surface area contributed by atoms with Crippen molar-refractivity contribution in [2.75, 3.05) is 0 Å². The standard InChI is InChI=1S/C20H19ClN2O/c21-18-7-5-16(6-8-18)13-20(9-11-23-12-10-22-15-23)19-4-2-1-3-17(19)14-24-20/h1-8,10,12,15H,9,11,13-14H2. The van der Waals surface area contributed by atoms with Gasteiger partial charge in [0.2, 0.25) is 0 Å². The van der Waals surface area contributed by atoms with Crippen LogP contribution in [-0.4, -0.2) is 9.55 Å². The zero-order chi connectivity index (χ0) is 16.4. The second-order valence-corrected chi connectivity index (χ2v) is 6.73. The number of fused-ring (bicyclic) bond motifs is 1. The molecule has 24 heavy (non-hydrogen) atoms. The zero-order valence-electron chi connectivity index (χ0n) is 13.4. The molecule has 1 aromatic heterocycles. The summed E-state index contributed by atoms with van der Waals surface area (Å²) < 4.78 is 8.48. The topological polar surface area (TPSA) is 27.1 Å². The van der Waals surface area contributed by atoms with E-state index in [0.29, 0.717) is 6.61 Å². The molecule has 0 spiro atoms. The molecule has 3 nitrogen and oxygen atoms in total. The third-order valence-corrected chi connectivity index (χ3v) is 5.00. The lowest BCUT2D eigenvalue weighted by atomic mass is 9.84. The fourth-order valence-electron chi connectivity index (χ4n) is 3.49. The van der Waals surface area contributed by atoms with Gasteiger partial charge in [-0.25, -0.2) is 4.98 Å². The smallest absolute Gasteiger partial charge is 0.0996 e. The van der Waals surface area contributed by atoms with E-state index >= 15 is 0 Å². The minimum absolute atomic E-state index is 0.297. The molecule has 0 radical (unpaired) electrons. The third-order valence-electron chi connectivity index (χ3n) is 4.75. The van der Waals surface area contributed by atoms with Crippen LogP contribution in [0.25, 0.3) is 0 Å². The van der Waals surface area contributed by atoms with Crippen LogP contribution in [0.3, 0.4) is 0 Å². The first kappa shape index (κ1) is 15.4. The number of imidazole rings is 1. The summed E-state index contributed by atoms with van der Waals surface area (Å²) in [5.41, 5.74) is 3.54. The van der Waals surface area contributed by atoms with E-state index in [1.54, 1.807) is 0 Å². The number of hydrogen-bond acceptors (Lipinski definition) is 2. The summed E-state index contributed by atoms with van der Waals surface area (Å²) in [5.74, 6) is 0. The number of hydrogen-bond donors (Lipinski definition) is 0. The maximum Gasteiger partial charge on any atom is 0.0996 e. The van der Waals surface area contributed by atoms with Crippen LogP contribution in [0.1, 0.15) is 23.1 Å². The number of aromatic nitrogens is 2. The minimum atomic E-state index is -0.297. The van der Waals surface area contributed by atoms with E-state index in [9.17, 15) is 0 Å². The molecule has 0 fully saturated rings. The molecule has 0 amide bonds. The first-order valence-electron chi connectivity index (χ1n) is 8.18. The molecule has 4 rings (SSSR count). The predicted octanol–water partition coefficient (Wildman–Crippen LogP) is 4.60. The first-order valence-corrected chi connectivity index (χ1v) is 8.56. The number of aryl methyl sites for hydroxylation is 1. The van der Waals surface area contributed by atoms with E-state index in [1.807, 2.05) is 30.9 Å². The lowest BCUT2D eigenvalue weighted by Crippen LogP contribution is -2.30. The van der Waals surface area contributed by atoms with Crippen LogP contribution in [0.5, 0.6) is 0 Å². The highest BCUT2D eigenvalue weighted by atomic mass is 35.5. The van der Waals surface area contributed by atoms with Crippen molar-refractivity contribution in [2.45, 2.75) is 31.6 Å². The summed E-state index contributed by atoms with van der Waals surface area (Å²) in [4.78, 5) is 4.14. The molecule has 0 saturated carbocycles. The Kier molecular flexibility index (Phi) is 4.13. The highest BCUT2D eigenvalue weighted by Gasteiger charge is 2.39.